The molecule has 3 aromatic rings. The molecule has 0 N–H and O–H groups in total. The van der Waals surface area contributed by atoms with Gasteiger partial charge in [-0.2, -0.15) is 0 Å². The normalized spacial score (nSPS) is 14.3. The Hall–Kier alpha value is -2.45. The summed E-state index contributed by atoms with van der Waals surface area (Å²) in [6.45, 7) is 4.85. The maximum atomic E-state index is 13.1. The van der Waals surface area contributed by atoms with Crippen molar-refractivity contribution in [3.05, 3.63) is 65.0 Å². The number of nitrogens with zero attached hydrogens (tertiary/aromatic N) is 3. The Balaban J connectivity index is 1.43. The van der Waals surface area contributed by atoms with Crippen LogP contribution in [0.4, 0.5) is 5.13 Å². The molecule has 1 aliphatic heterocycles. The van der Waals surface area contributed by atoms with Gasteiger partial charge in [0.15, 0.2) is 11.7 Å². The van der Waals surface area contributed by atoms with Gasteiger partial charge < -0.3 is 9.47 Å². The van der Waals surface area contributed by atoms with Gasteiger partial charge in [-0.15, -0.1) is 11.3 Å². The second-order valence-electron chi connectivity index (χ2n) is 7.48. The monoisotopic (exact) mass is 471 g/mol. The minimum absolute atomic E-state index is 0.0561. The minimum atomic E-state index is -0.115. The van der Waals surface area contributed by atoms with Crippen LogP contribution in [0.25, 0.3) is 11.3 Å². The topological polar surface area (TPSA) is 54.9 Å². The highest BCUT2D eigenvalue weighted by Crippen LogP contribution is 2.28. The molecule has 0 saturated carbocycles. The van der Waals surface area contributed by atoms with E-state index >= 15 is 0 Å². The van der Waals surface area contributed by atoms with Gasteiger partial charge in [-0.25, -0.2) is 4.98 Å². The van der Waals surface area contributed by atoms with E-state index in [0.717, 1.165) is 50.5 Å². The summed E-state index contributed by atoms with van der Waals surface area (Å²) in [7, 11) is 0. The largest absolute Gasteiger partial charge is 0.484 e. The van der Waals surface area contributed by atoms with E-state index in [9.17, 15) is 4.79 Å². The number of thiazole rings is 1. The highest BCUT2D eigenvalue weighted by atomic mass is 35.5. The summed E-state index contributed by atoms with van der Waals surface area (Å²) in [5.41, 5.74) is 1.91. The first-order valence-electron chi connectivity index (χ1n) is 10.7. The number of aromatic nitrogens is 1. The molecular weight excluding hydrogens is 446 g/mol. The Morgan fingerprint density at radius 2 is 1.88 bits per heavy atom. The van der Waals surface area contributed by atoms with E-state index in [1.807, 2.05) is 35.7 Å². The number of carbonyl (C=O) groups is 1. The van der Waals surface area contributed by atoms with Gasteiger partial charge in [0, 0.05) is 42.1 Å². The van der Waals surface area contributed by atoms with Crippen LogP contribution in [0.1, 0.15) is 6.42 Å². The summed E-state index contributed by atoms with van der Waals surface area (Å²) in [5.74, 6) is 0.496. The molecule has 1 aromatic heterocycles. The molecule has 8 heteroatoms. The first-order chi connectivity index (χ1) is 15.7. The second kappa shape index (κ2) is 11.4. The average molecular weight is 472 g/mol. The summed E-state index contributed by atoms with van der Waals surface area (Å²) in [4.78, 5) is 22.0. The van der Waals surface area contributed by atoms with E-state index in [2.05, 4.69) is 4.90 Å². The number of hydrogen-bond acceptors (Lipinski definition) is 6. The third kappa shape index (κ3) is 6.29. The molecule has 0 radical (unpaired) electrons. The third-order valence-corrected chi connectivity index (χ3v) is 6.34. The lowest BCUT2D eigenvalue weighted by molar-refractivity contribution is -0.120. The number of anilines is 1. The van der Waals surface area contributed by atoms with E-state index in [0.29, 0.717) is 22.4 Å². The van der Waals surface area contributed by atoms with Gasteiger partial charge >= 0.3 is 0 Å². The van der Waals surface area contributed by atoms with Gasteiger partial charge in [0.1, 0.15) is 5.75 Å². The van der Waals surface area contributed by atoms with Crippen molar-refractivity contribution >= 4 is 34.0 Å². The average Bonchev–Trinajstić information content (AvgIpc) is 3.32. The Bertz CT molecular complexity index is 991. The number of amides is 1. The molecule has 1 aliphatic rings. The number of morpholine rings is 1. The van der Waals surface area contributed by atoms with E-state index in [1.165, 1.54) is 11.3 Å². The number of rotatable bonds is 9. The molecule has 1 saturated heterocycles. The maximum Gasteiger partial charge on any atom is 0.266 e. The first kappa shape index (κ1) is 22.7. The van der Waals surface area contributed by atoms with Crippen molar-refractivity contribution in [2.24, 2.45) is 0 Å². The molecule has 2 aromatic carbocycles. The highest BCUT2D eigenvalue weighted by Gasteiger charge is 2.21. The van der Waals surface area contributed by atoms with Crippen molar-refractivity contribution < 1.29 is 14.3 Å². The lowest BCUT2D eigenvalue weighted by atomic mass is 10.2. The van der Waals surface area contributed by atoms with Crippen LogP contribution in [-0.2, 0) is 9.53 Å². The van der Waals surface area contributed by atoms with Gasteiger partial charge in [-0.05, 0) is 30.7 Å². The second-order valence-corrected chi connectivity index (χ2v) is 8.75. The van der Waals surface area contributed by atoms with Crippen LogP contribution >= 0.6 is 22.9 Å². The molecule has 0 unspecified atom stereocenters. The van der Waals surface area contributed by atoms with E-state index in [-0.39, 0.29) is 12.5 Å². The molecule has 1 fully saturated rings. The number of carbonyl (C=O) groups excluding carboxylic acids is 1. The molecule has 0 bridgehead atoms. The summed E-state index contributed by atoms with van der Waals surface area (Å²) in [6.07, 6.45) is 0.854. The van der Waals surface area contributed by atoms with Crippen LogP contribution in [0.5, 0.6) is 5.75 Å². The number of halogens is 1. The fourth-order valence-corrected chi connectivity index (χ4v) is 4.49. The highest BCUT2D eigenvalue weighted by molar-refractivity contribution is 7.14. The third-order valence-electron chi connectivity index (χ3n) is 5.23. The summed E-state index contributed by atoms with van der Waals surface area (Å²) in [6, 6.07) is 17.0. The first-order valence-corrected chi connectivity index (χ1v) is 11.9. The van der Waals surface area contributed by atoms with Crippen LogP contribution in [0.2, 0.25) is 5.02 Å². The van der Waals surface area contributed by atoms with Gasteiger partial charge in [0.2, 0.25) is 0 Å². The van der Waals surface area contributed by atoms with Crippen LogP contribution in [0, 0.1) is 0 Å². The fourth-order valence-electron chi connectivity index (χ4n) is 3.49. The van der Waals surface area contributed by atoms with Crippen molar-refractivity contribution in [1.29, 1.82) is 0 Å². The van der Waals surface area contributed by atoms with Gasteiger partial charge in [-0.1, -0.05) is 41.9 Å². The molecular formula is C24H26ClN3O3S. The Kier molecular flexibility index (Phi) is 8.12. The molecule has 168 valence electrons. The lowest BCUT2D eigenvalue weighted by Crippen LogP contribution is -2.40. The number of ether oxygens (including phenoxy) is 2. The zero-order chi connectivity index (χ0) is 22.2. The van der Waals surface area contributed by atoms with Crippen molar-refractivity contribution in [3.63, 3.8) is 0 Å². The van der Waals surface area contributed by atoms with Gasteiger partial charge in [0.25, 0.3) is 5.91 Å². The van der Waals surface area contributed by atoms with Gasteiger partial charge in [-0.3, -0.25) is 14.6 Å². The zero-order valence-electron chi connectivity index (χ0n) is 17.8. The molecule has 1 amide bonds. The smallest absolute Gasteiger partial charge is 0.266 e. The van der Waals surface area contributed by atoms with Crippen molar-refractivity contribution in [3.8, 4) is 17.0 Å². The van der Waals surface area contributed by atoms with Crippen molar-refractivity contribution in [2.45, 2.75) is 6.42 Å². The van der Waals surface area contributed by atoms with E-state index in [1.54, 1.807) is 29.2 Å². The Labute approximate surface area is 197 Å². The van der Waals surface area contributed by atoms with Crippen LogP contribution < -0.4 is 9.64 Å². The standard InChI is InChI=1S/C24H26ClN3O3S/c25-20-7-9-21(10-8-20)31-17-23(29)28(12-4-11-27-13-15-30-16-14-27)24-26-22(18-32-24)19-5-2-1-3-6-19/h1-3,5-10,18H,4,11-17H2. The molecule has 4 rings (SSSR count). The predicted molar refractivity (Wildman–Crippen MR) is 129 cm³/mol. The zero-order valence-corrected chi connectivity index (χ0v) is 19.4. The van der Waals surface area contributed by atoms with Crippen molar-refractivity contribution in [1.82, 2.24) is 9.88 Å². The number of benzene rings is 2. The van der Waals surface area contributed by atoms with E-state index in [4.69, 9.17) is 26.1 Å². The molecule has 0 atom stereocenters. The Morgan fingerprint density at radius 1 is 1.12 bits per heavy atom. The SMILES string of the molecule is O=C(COc1ccc(Cl)cc1)N(CCCN1CCOCC1)c1nc(-c2ccccc2)cs1. The fraction of sp³-hybridized carbons (Fsp3) is 0.333. The number of hydrogen-bond donors (Lipinski definition) is 0. The molecule has 6 nitrogen and oxygen atoms in total. The molecule has 0 spiro atoms. The maximum absolute atomic E-state index is 13.1. The molecule has 2 heterocycles. The minimum Gasteiger partial charge on any atom is -0.484 e. The quantitative estimate of drug-likeness (QED) is 0.456. The molecule has 32 heavy (non-hydrogen) atoms. The van der Waals surface area contributed by atoms with Crippen LogP contribution in [-0.4, -0.2) is 61.8 Å². The summed E-state index contributed by atoms with van der Waals surface area (Å²) < 4.78 is 11.1. The van der Waals surface area contributed by atoms with Crippen molar-refractivity contribution in [2.75, 3.05) is 50.9 Å². The lowest BCUT2D eigenvalue weighted by Gasteiger charge is -2.27. The summed E-state index contributed by atoms with van der Waals surface area (Å²) >= 11 is 7.41. The molecule has 0 aliphatic carbocycles. The van der Waals surface area contributed by atoms with E-state index < -0.39 is 0 Å². The van der Waals surface area contributed by atoms with Crippen LogP contribution in [0.15, 0.2) is 60.0 Å². The van der Waals surface area contributed by atoms with Gasteiger partial charge in [0.05, 0.1) is 18.9 Å². The predicted octanol–water partition coefficient (Wildman–Crippen LogP) is 4.60. The van der Waals surface area contributed by atoms with Crippen LogP contribution in [0.3, 0.4) is 0 Å². The Morgan fingerprint density at radius 3 is 2.62 bits per heavy atom. The summed E-state index contributed by atoms with van der Waals surface area (Å²) in [5, 5.41) is 3.31.